The van der Waals surface area contributed by atoms with Gasteiger partial charge >= 0.3 is 0 Å². The fraction of sp³-hybridized carbons (Fsp3) is 0.179. The number of carbonyl (C=O) groups excluding carboxylic acids is 2. The van der Waals surface area contributed by atoms with E-state index in [1.54, 1.807) is 27.8 Å². The minimum absolute atomic E-state index is 0.0806. The van der Waals surface area contributed by atoms with Crippen LogP contribution in [0.3, 0.4) is 0 Å². The SMILES string of the molecule is Cc1ccc(-n2nc(-c3ccccc3)cc2NC(=O)CN(C(=O)c2cccc(Br)c2)C(C)C)cc1. The highest BCUT2D eigenvalue weighted by atomic mass is 79.9. The van der Waals surface area contributed by atoms with E-state index in [0.717, 1.165) is 27.0 Å². The number of hydrogen-bond acceptors (Lipinski definition) is 3. The van der Waals surface area contributed by atoms with Crippen LogP contribution in [0.25, 0.3) is 16.9 Å². The van der Waals surface area contributed by atoms with Crippen molar-refractivity contribution in [3.8, 4) is 16.9 Å². The molecule has 1 heterocycles. The van der Waals surface area contributed by atoms with Crippen LogP contribution in [0.2, 0.25) is 0 Å². The fourth-order valence-electron chi connectivity index (χ4n) is 3.72. The van der Waals surface area contributed by atoms with Crippen LogP contribution in [0, 0.1) is 6.92 Å². The molecule has 2 amide bonds. The van der Waals surface area contributed by atoms with Crippen molar-refractivity contribution in [1.82, 2.24) is 14.7 Å². The van der Waals surface area contributed by atoms with Crippen LogP contribution in [0.1, 0.15) is 29.8 Å². The second-order valence-corrected chi connectivity index (χ2v) is 9.53. The zero-order valence-corrected chi connectivity index (χ0v) is 21.5. The molecule has 0 bridgehead atoms. The molecule has 1 N–H and O–H groups in total. The minimum Gasteiger partial charge on any atom is -0.327 e. The molecule has 7 heteroatoms. The number of carbonyl (C=O) groups is 2. The van der Waals surface area contributed by atoms with E-state index < -0.39 is 0 Å². The predicted octanol–water partition coefficient (Wildman–Crippen LogP) is 6.10. The van der Waals surface area contributed by atoms with Crippen molar-refractivity contribution < 1.29 is 9.59 Å². The highest BCUT2D eigenvalue weighted by Crippen LogP contribution is 2.25. The number of nitrogens with zero attached hydrogens (tertiary/aromatic N) is 3. The minimum atomic E-state index is -0.296. The maximum atomic E-state index is 13.2. The Morgan fingerprint density at radius 2 is 1.69 bits per heavy atom. The number of anilines is 1. The average molecular weight is 531 g/mol. The zero-order chi connectivity index (χ0) is 24.9. The van der Waals surface area contributed by atoms with E-state index in [0.29, 0.717) is 11.4 Å². The van der Waals surface area contributed by atoms with Crippen molar-refractivity contribution in [2.45, 2.75) is 26.8 Å². The first-order valence-corrected chi connectivity index (χ1v) is 12.2. The van der Waals surface area contributed by atoms with Crippen molar-refractivity contribution in [3.05, 3.63) is 101 Å². The molecule has 3 aromatic carbocycles. The van der Waals surface area contributed by atoms with Gasteiger partial charge in [-0.15, -0.1) is 0 Å². The van der Waals surface area contributed by atoms with Crippen molar-refractivity contribution in [1.29, 1.82) is 0 Å². The quantitative estimate of drug-likeness (QED) is 0.314. The molecule has 0 fully saturated rings. The van der Waals surface area contributed by atoms with E-state index in [-0.39, 0.29) is 24.4 Å². The first-order valence-electron chi connectivity index (χ1n) is 11.4. The molecule has 4 aromatic rings. The molecule has 0 aliphatic heterocycles. The Hall–Kier alpha value is -3.71. The summed E-state index contributed by atoms with van der Waals surface area (Å²) in [6.07, 6.45) is 0. The van der Waals surface area contributed by atoms with Crippen molar-refractivity contribution in [2.24, 2.45) is 0 Å². The highest BCUT2D eigenvalue weighted by Gasteiger charge is 2.23. The number of aromatic nitrogens is 2. The van der Waals surface area contributed by atoms with Gasteiger partial charge in [-0.1, -0.05) is 70.0 Å². The third kappa shape index (κ3) is 5.87. The van der Waals surface area contributed by atoms with Gasteiger partial charge in [-0.05, 0) is 51.1 Å². The Bertz CT molecular complexity index is 1330. The Balaban J connectivity index is 1.61. The summed E-state index contributed by atoms with van der Waals surface area (Å²) in [4.78, 5) is 27.9. The number of nitrogens with one attached hydrogen (secondary N) is 1. The molecule has 0 saturated heterocycles. The lowest BCUT2D eigenvalue weighted by Crippen LogP contribution is -2.42. The molecule has 178 valence electrons. The monoisotopic (exact) mass is 530 g/mol. The van der Waals surface area contributed by atoms with E-state index in [4.69, 9.17) is 5.10 Å². The van der Waals surface area contributed by atoms with E-state index in [1.807, 2.05) is 87.5 Å². The molecule has 35 heavy (non-hydrogen) atoms. The Labute approximate surface area is 213 Å². The summed E-state index contributed by atoms with van der Waals surface area (Å²) in [5.41, 5.74) is 4.18. The van der Waals surface area contributed by atoms with Crippen LogP contribution in [0.5, 0.6) is 0 Å². The molecule has 1 aromatic heterocycles. The number of halogens is 1. The molecule has 0 saturated carbocycles. The summed E-state index contributed by atoms with van der Waals surface area (Å²) in [6.45, 7) is 5.73. The van der Waals surface area contributed by atoms with Crippen LogP contribution in [-0.2, 0) is 4.79 Å². The van der Waals surface area contributed by atoms with Gasteiger partial charge in [0, 0.05) is 27.7 Å². The Morgan fingerprint density at radius 3 is 2.34 bits per heavy atom. The third-order valence-corrected chi connectivity index (χ3v) is 6.09. The first kappa shape index (κ1) is 24.4. The summed E-state index contributed by atoms with van der Waals surface area (Å²) in [5, 5.41) is 7.73. The van der Waals surface area contributed by atoms with Gasteiger partial charge in [0.2, 0.25) is 5.91 Å². The molecule has 0 atom stereocenters. The maximum Gasteiger partial charge on any atom is 0.254 e. The Kier molecular flexibility index (Phi) is 7.46. The van der Waals surface area contributed by atoms with Gasteiger partial charge in [0.25, 0.3) is 5.91 Å². The summed E-state index contributed by atoms with van der Waals surface area (Å²) >= 11 is 3.41. The van der Waals surface area contributed by atoms with Gasteiger partial charge in [0.05, 0.1) is 11.4 Å². The van der Waals surface area contributed by atoms with Gasteiger partial charge in [-0.2, -0.15) is 5.10 Å². The Morgan fingerprint density at radius 1 is 0.971 bits per heavy atom. The zero-order valence-electron chi connectivity index (χ0n) is 19.9. The summed E-state index contributed by atoms with van der Waals surface area (Å²) in [7, 11) is 0. The fourth-order valence-corrected chi connectivity index (χ4v) is 4.12. The summed E-state index contributed by atoms with van der Waals surface area (Å²) in [6, 6.07) is 26.6. The molecule has 4 rings (SSSR count). The molecular formula is C28H27BrN4O2. The molecule has 0 aliphatic rings. The second-order valence-electron chi connectivity index (χ2n) is 8.61. The van der Waals surface area contributed by atoms with Crippen molar-refractivity contribution in [2.75, 3.05) is 11.9 Å². The van der Waals surface area contributed by atoms with Crippen LogP contribution >= 0.6 is 15.9 Å². The summed E-state index contributed by atoms with van der Waals surface area (Å²) in [5.74, 6) is 0.0414. The molecule has 6 nitrogen and oxygen atoms in total. The van der Waals surface area contributed by atoms with Gasteiger partial charge in [0.1, 0.15) is 12.4 Å². The standard InChI is InChI=1S/C28H27BrN4O2/c1-19(2)32(28(35)22-10-7-11-23(29)16-22)18-27(34)30-26-17-25(21-8-5-4-6-9-21)31-33(26)24-14-12-20(3)13-15-24/h4-17,19H,18H2,1-3H3,(H,30,34). The number of aryl methyl sites for hydroxylation is 1. The number of hydrogen-bond donors (Lipinski definition) is 1. The lowest BCUT2D eigenvalue weighted by Gasteiger charge is -2.26. The first-order chi connectivity index (χ1) is 16.8. The van der Waals surface area contributed by atoms with Crippen molar-refractivity contribution >= 4 is 33.6 Å². The summed E-state index contributed by atoms with van der Waals surface area (Å²) < 4.78 is 2.53. The normalized spacial score (nSPS) is 10.9. The smallest absolute Gasteiger partial charge is 0.254 e. The van der Waals surface area contributed by atoms with Crippen LogP contribution in [0.15, 0.2) is 89.4 Å². The molecule has 0 unspecified atom stereocenters. The van der Waals surface area contributed by atoms with E-state index in [9.17, 15) is 9.59 Å². The molecule has 0 radical (unpaired) electrons. The molecule has 0 aliphatic carbocycles. The van der Waals surface area contributed by atoms with Crippen LogP contribution in [-0.4, -0.2) is 39.1 Å². The van der Waals surface area contributed by atoms with Crippen LogP contribution in [0.4, 0.5) is 5.82 Å². The van der Waals surface area contributed by atoms with Gasteiger partial charge in [-0.25, -0.2) is 4.68 Å². The topological polar surface area (TPSA) is 67.2 Å². The van der Waals surface area contributed by atoms with Crippen LogP contribution < -0.4 is 5.32 Å². The maximum absolute atomic E-state index is 13.2. The van der Waals surface area contributed by atoms with E-state index in [1.165, 1.54) is 0 Å². The van der Waals surface area contributed by atoms with E-state index in [2.05, 4.69) is 21.2 Å². The predicted molar refractivity (Wildman–Crippen MR) is 143 cm³/mol. The highest BCUT2D eigenvalue weighted by molar-refractivity contribution is 9.10. The second kappa shape index (κ2) is 10.7. The number of rotatable bonds is 7. The van der Waals surface area contributed by atoms with Crippen molar-refractivity contribution in [3.63, 3.8) is 0 Å². The molecular weight excluding hydrogens is 504 g/mol. The number of benzene rings is 3. The average Bonchev–Trinajstić information content (AvgIpc) is 3.26. The molecule has 0 spiro atoms. The van der Waals surface area contributed by atoms with Gasteiger partial charge < -0.3 is 10.2 Å². The third-order valence-electron chi connectivity index (χ3n) is 5.59. The lowest BCUT2D eigenvalue weighted by molar-refractivity contribution is -0.117. The van der Waals surface area contributed by atoms with Gasteiger partial charge in [0.15, 0.2) is 0 Å². The number of amides is 2. The van der Waals surface area contributed by atoms with Gasteiger partial charge in [-0.3, -0.25) is 9.59 Å². The lowest BCUT2D eigenvalue weighted by atomic mass is 10.1. The van der Waals surface area contributed by atoms with E-state index >= 15 is 0 Å². The largest absolute Gasteiger partial charge is 0.327 e.